The third-order valence-electron chi connectivity index (χ3n) is 0.724. The fourth-order valence-electron chi connectivity index (χ4n) is 0.414. The van der Waals surface area contributed by atoms with E-state index in [0.29, 0.717) is 0 Å². The van der Waals surface area contributed by atoms with Crippen LogP contribution in [-0.4, -0.2) is 0 Å². The van der Waals surface area contributed by atoms with Gasteiger partial charge in [-0.15, -0.1) is 18.2 Å². The molecule has 0 aromatic heterocycles. The molecule has 0 spiro atoms. The van der Waals surface area contributed by atoms with E-state index >= 15 is 0 Å². The average Bonchev–Trinajstić information content (AvgIpc) is 1.91. The molecule has 0 amide bonds. The van der Waals surface area contributed by atoms with Crippen LogP contribution in [0.5, 0.6) is 0 Å². The minimum atomic E-state index is -0.662. The van der Waals surface area contributed by atoms with Crippen LogP contribution in [0.3, 0.4) is 0 Å². The zero-order chi connectivity index (χ0) is 7.98. The molecule has 4 heteroatoms. The Morgan fingerprint density at radius 2 is 1.60 bits per heavy atom. The number of hydrogen-bond acceptors (Lipinski definition) is 0. The van der Waals surface area contributed by atoms with Gasteiger partial charge in [0.2, 0.25) is 0 Å². The molecule has 1 aromatic carbocycles. The van der Waals surface area contributed by atoms with Gasteiger partial charge in [0.05, 0.1) is 0 Å². The first-order valence-corrected chi connectivity index (χ1v) is 9.34. The number of benzene rings is 1. The van der Waals surface area contributed by atoms with E-state index in [2.05, 4.69) is 13.6 Å². The van der Waals surface area contributed by atoms with Gasteiger partial charge in [-0.2, -0.15) is 6.07 Å². The molecular formula is C6H3BrF2Zn. The number of hydrogen-bond donors (Lipinski definition) is 0. The fraction of sp³-hybridized carbons (Fsp3) is 0. The Hall–Kier alpha value is 0.183. The van der Waals surface area contributed by atoms with Crippen molar-refractivity contribution in [3.05, 3.63) is 35.9 Å². The van der Waals surface area contributed by atoms with E-state index in [-0.39, 0.29) is 0 Å². The normalized spacial score (nSPS) is 8.10. The first-order chi connectivity index (χ1) is 4.79. The van der Waals surface area contributed by atoms with Crippen LogP contribution in [0.1, 0.15) is 0 Å². The molecule has 0 fully saturated rings. The molecule has 10 heavy (non-hydrogen) atoms. The van der Waals surface area contributed by atoms with E-state index in [1.54, 1.807) is 0 Å². The molecule has 50 valence electrons. The number of halogens is 3. The van der Waals surface area contributed by atoms with Crippen LogP contribution in [-0.2, 0) is 16.3 Å². The Kier molecular flexibility index (Phi) is 6.04. The summed E-state index contributed by atoms with van der Waals surface area (Å²) in [7, 11) is 0. The van der Waals surface area contributed by atoms with E-state index in [4.69, 9.17) is 0 Å². The number of rotatable bonds is 0. The molecule has 0 heterocycles. The summed E-state index contributed by atoms with van der Waals surface area (Å²) in [6, 6.07) is 5.41. The van der Waals surface area contributed by atoms with Crippen molar-refractivity contribution in [1.29, 1.82) is 0 Å². The van der Waals surface area contributed by atoms with Gasteiger partial charge < -0.3 is 0 Å². The summed E-state index contributed by atoms with van der Waals surface area (Å²) in [5.41, 5.74) is 0. The molecule has 0 aliphatic heterocycles. The molecule has 1 aromatic rings. The van der Waals surface area contributed by atoms with Gasteiger partial charge in [-0.1, -0.05) is 0 Å². The van der Waals surface area contributed by atoms with E-state index in [1.807, 2.05) is 6.07 Å². The van der Waals surface area contributed by atoms with Crippen LogP contribution in [0.15, 0.2) is 18.2 Å². The Morgan fingerprint density at radius 3 is 1.80 bits per heavy atom. The SMILES string of the molecule is Fc1[c-]c(F)ccc1.[Zn+][Br]. The van der Waals surface area contributed by atoms with Crippen LogP contribution in [0.4, 0.5) is 8.78 Å². The Balaban J connectivity index is 0.000000371. The van der Waals surface area contributed by atoms with Gasteiger partial charge in [0.1, 0.15) is 0 Å². The fourth-order valence-corrected chi connectivity index (χ4v) is 0.414. The van der Waals surface area contributed by atoms with Crippen molar-refractivity contribution in [3.63, 3.8) is 0 Å². The predicted octanol–water partition coefficient (Wildman–Crippen LogP) is 2.61. The Bertz CT molecular complexity index is 176. The first kappa shape index (κ1) is 10.2. The maximum atomic E-state index is 11.9. The van der Waals surface area contributed by atoms with Crippen molar-refractivity contribution in [3.8, 4) is 0 Å². The Labute approximate surface area is 74.7 Å². The first-order valence-electron chi connectivity index (χ1n) is 2.39. The molecule has 0 saturated carbocycles. The average molecular weight is 258 g/mol. The van der Waals surface area contributed by atoms with Gasteiger partial charge in [-0.05, 0) is 0 Å². The third kappa shape index (κ3) is 4.07. The quantitative estimate of drug-likeness (QED) is 0.496. The molecule has 0 aliphatic carbocycles. The second-order valence-corrected chi connectivity index (χ2v) is 1.35. The predicted molar refractivity (Wildman–Crippen MR) is 34.1 cm³/mol. The van der Waals surface area contributed by atoms with Gasteiger partial charge in [0.15, 0.2) is 0 Å². The second kappa shape index (κ2) is 5.93. The van der Waals surface area contributed by atoms with Gasteiger partial charge in [-0.3, -0.25) is 0 Å². The van der Waals surface area contributed by atoms with Gasteiger partial charge >= 0.3 is 30.0 Å². The minimum absolute atomic E-state index is 0.662. The van der Waals surface area contributed by atoms with Gasteiger partial charge in [0.25, 0.3) is 0 Å². The molecule has 0 atom stereocenters. The van der Waals surface area contributed by atoms with E-state index < -0.39 is 11.6 Å². The molecule has 0 aliphatic rings. The van der Waals surface area contributed by atoms with Crippen LogP contribution in [0, 0.1) is 17.7 Å². The molecule has 0 saturated heterocycles. The zero-order valence-corrected chi connectivity index (χ0v) is 9.63. The summed E-state index contributed by atoms with van der Waals surface area (Å²) < 4.78 is 23.7. The van der Waals surface area contributed by atoms with Crippen LogP contribution in [0.25, 0.3) is 0 Å². The molecule has 1 rings (SSSR count). The molecular weight excluding hydrogens is 255 g/mol. The summed E-state index contributed by atoms with van der Waals surface area (Å²) >= 11 is 4.25. The van der Waals surface area contributed by atoms with E-state index in [9.17, 15) is 8.78 Å². The summed E-state index contributed by atoms with van der Waals surface area (Å²) in [6.07, 6.45) is 0. The molecule has 0 bridgehead atoms. The van der Waals surface area contributed by atoms with Crippen molar-refractivity contribution < 1.29 is 25.1 Å². The summed E-state index contributed by atoms with van der Waals surface area (Å²) in [4.78, 5) is 0. The summed E-state index contributed by atoms with van der Waals surface area (Å²) in [5, 5.41) is 0. The van der Waals surface area contributed by atoms with Crippen LogP contribution in [0.2, 0.25) is 0 Å². The summed E-state index contributed by atoms with van der Waals surface area (Å²) in [5.74, 6) is -1.32. The molecule has 0 unspecified atom stereocenters. The van der Waals surface area contributed by atoms with Crippen molar-refractivity contribution in [1.82, 2.24) is 0 Å². The summed E-state index contributed by atoms with van der Waals surface area (Å²) in [6.45, 7) is 0. The standard InChI is InChI=1S/C6H3F2.BrH.Zn/c7-5-2-1-3-6(8)4-5;;/h1-3H;1H;/q-1;;+2/p-1. The zero-order valence-electron chi connectivity index (χ0n) is 5.07. The molecule has 0 nitrogen and oxygen atoms in total. The van der Waals surface area contributed by atoms with Crippen LogP contribution < -0.4 is 0 Å². The maximum absolute atomic E-state index is 11.9. The van der Waals surface area contributed by atoms with E-state index in [0.717, 1.165) is 12.1 Å². The van der Waals surface area contributed by atoms with Crippen molar-refractivity contribution in [2.75, 3.05) is 0 Å². The third-order valence-corrected chi connectivity index (χ3v) is 0.724. The topological polar surface area (TPSA) is 0 Å². The van der Waals surface area contributed by atoms with E-state index in [1.165, 1.54) is 22.4 Å². The molecule has 0 radical (unpaired) electrons. The Morgan fingerprint density at radius 1 is 1.20 bits per heavy atom. The van der Waals surface area contributed by atoms with Gasteiger partial charge in [-0.25, -0.2) is 8.78 Å². The second-order valence-electron chi connectivity index (χ2n) is 1.35. The van der Waals surface area contributed by atoms with Crippen molar-refractivity contribution >= 4 is 13.6 Å². The molecule has 0 N–H and O–H groups in total. The van der Waals surface area contributed by atoms with Crippen LogP contribution >= 0.6 is 13.6 Å². The monoisotopic (exact) mass is 256 g/mol. The van der Waals surface area contributed by atoms with Crippen molar-refractivity contribution in [2.24, 2.45) is 0 Å². The van der Waals surface area contributed by atoms with Gasteiger partial charge in [0, 0.05) is 11.6 Å². The van der Waals surface area contributed by atoms with Crippen molar-refractivity contribution in [2.45, 2.75) is 0 Å².